The van der Waals surface area contributed by atoms with Crippen molar-refractivity contribution >= 4 is 23.0 Å². The van der Waals surface area contributed by atoms with Gasteiger partial charge in [-0.25, -0.2) is 9.78 Å². The Hall–Kier alpha value is -3.00. The molecule has 0 amide bonds. The number of aryl methyl sites for hydroxylation is 1. The summed E-state index contributed by atoms with van der Waals surface area (Å²) in [6.45, 7) is 5.77. The fraction of sp³-hybridized carbons (Fsp3) is 0.222. The van der Waals surface area contributed by atoms with E-state index < -0.39 is 4.92 Å². The van der Waals surface area contributed by atoms with Gasteiger partial charge in [0.2, 0.25) is 0 Å². The lowest BCUT2D eigenvalue weighted by molar-refractivity contribution is -0.384. The normalized spacial score (nSPS) is 10.7. The van der Waals surface area contributed by atoms with Gasteiger partial charge in [0, 0.05) is 28.8 Å². The molecule has 0 saturated carbocycles. The van der Waals surface area contributed by atoms with Gasteiger partial charge in [0.1, 0.15) is 5.01 Å². The van der Waals surface area contributed by atoms with E-state index in [0.717, 1.165) is 33.2 Å². The molecule has 0 unspecified atom stereocenters. The molecule has 0 aliphatic carbocycles. The Morgan fingerprint density at radius 2 is 2.00 bits per heavy atom. The summed E-state index contributed by atoms with van der Waals surface area (Å²) in [6, 6.07) is 6.27. The average Bonchev–Trinajstić information content (AvgIpc) is 3.20. The molecule has 0 aliphatic rings. The number of rotatable bonds is 5. The van der Waals surface area contributed by atoms with Crippen LogP contribution in [0.3, 0.4) is 0 Å². The van der Waals surface area contributed by atoms with Crippen LogP contribution in [0, 0.1) is 24.0 Å². The Morgan fingerprint density at radius 3 is 2.62 bits per heavy atom. The van der Waals surface area contributed by atoms with Crippen LogP contribution in [0.25, 0.3) is 22.0 Å². The zero-order valence-electron chi connectivity index (χ0n) is 14.5. The molecule has 0 saturated heterocycles. The highest BCUT2D eigenvalue weighted by atomic mass is 32.1. The Bertz CT molecular complexity index is 973. The summed E-state index contributed by atoms with van der Waals surface area (Å²) in [4.78, 5) is 30.3. The number of benzene rings is 1. The van der Waals surface area contributed by atoms with Crippen molar-refractivity contribution < 1.29 is 14.5 Å². The number of carbonyl (C=O) groups is 1. The summed E-state index contributed by atoms with van der Waals surface area (Å²) in [7, 11) is 0. The Morgan fingerprint density at radius 1 is 1.31 bits per heavy atom. The quantitative estimate of drug-likeness (QED) is 0.404. The number of nitrogens with one attached hydrogen (secondary N) is 1. The summed E-state index contributed by atoms with van der Waals surface area (Å²) in [5.74, 6) is -0.351. The van der Waals surface area contributed by atoms with E-state index in [2.05, 4.69) is 9.97 Å². The zero-order valence-corrected chi connectivity index (χ0v) is 15.3. The molecule has 0 atom stereocenters. The van der Waals surface area contributed by atoms with Crippen LogP contribution in [0.4, 0.5) is 5.69 Å². The van der Waals surface area contributed by atoms with Crippen LogP contribution < -0.4 is 0 Å². The van der Waals surface area contributed by atoms with Gasteiger partial charge < -0.3 is 9.72 Å². The minimum Gasteiger partial charge on any atom is -0.462 e. The smallest absolute Gasteiger partial charge is 0.340 e. The summed E-state index contributed by atoms with van der Waals surface area (Å²) in [6.07, 6.45) is 0. The van der Waals surface area contributed by atoms with Gasteiger partial charge in [0.15, 0.2) is 0 Å². The third-order valence-electron chi connectivity index (χ3n) is 4.00. The molecule has 8 heteroatoms. The second-order valence-electron chi connectivity index (χ2n) is 5.69. The molecule has 7 nitrogen and oxygen atoms in total. The molecule has 3 aromatic rings. The van der Waals surface area contributed by atoms with E-state index in [-0.39, 0.29) is 11.7 Å². The number of hydrogen-bond donors (Lipinski definition) is 1. The van der Waals surface area contributed by atoms with Crippen LogP contribution in [0.1, 0.15) is 28.5 Å². The second kappa shape index (κ2) is 7.09. The first kappa shape index (κ1) is 17.8. The number of nitro benzene ring substituents is 1. The Kier molecular flexibility index (Phi) is 4.85. The minimum atomic E-state index is -0.432. The number of hydrogen-bond acceptors (Lipinski definition) is 6. The summed E-state index contributed by atoms with van der Waals surface area (Å²) in [5.41, 5.74) is 4.40. The van der Waals surface area contributed by atoms with Crippen LogP contribution in [0.5, 0.6) is 0 Å². The van der Waals surface area contributed by atoms with E-state index in [1.165, 1.54) is 23.5 Å². The molecule has 0 spiro atoms. The SMILES string of the molecule is CCOC(=O)c1c(C)[nH]c(-c2csc(-c3ccc([N+](=O)[O-])cc3)n2)c1C. The number of nitro groups is 1. The van der Waals surface area contributed by atoms with Crippen LogP contribution in [-0.4, -0.2) is 27.5 Å². The zero-order chi connectivity index (χ0) is 18.8. The number of ether oxygens (including phenoxy) is 1. The average molecular weight is 371 g/mol. The number of carbonyl (C=O) groups excluding carboxylic acids is 1. The lowest BCUT2D eigenvalue weighted by atomic mass is 10.1. The Labute approximate surface area is 153 Å². The molecular formula is C18H17N3O4S. The number of aromatic amines is 1. The highest BCUT2D eigenvalue weighted by molar-refractivity contribution is 7.13. The van der Waals surface area contributed by atoms with Gasteiger partial charge in [0.05, 0.1) is 28.5 Å². The van der Waals surface area contributed by atoms with E-state index in [1.54, 1.807) is 19.1 Å². The summed E-state index contributed by atoms with van der Waals surface area (Å²) >= 11 is 1.44. The molecule has 0 fully saturated rings. The fourth-order valence-electron chi connectivity index (χ4n) is 2.76. The van der Waals surface area contributed by atoms with Gasteiger partial charge in [-0.3, -0.25) is 10.1 Å². The van der Waals surface area contributed by atoms with Crippen LogP contribution in [0.15, 0.2) is 29.6 Å². The maximum absolute atomic E-state index is 12.1. The van der Waals surface area contributed by atoms with E-state index in [0.29, 0.717) is 12.2 Å². The van der Waals surface area contributed by atoms with Crippen LogP contribution in [-0.2, 0) is 4.74 Å². The number of aromatic nitrogens is 2. The third kappa shape index (κ3) is 3.23. The molecular weight excluding hydrogens is 354 g/mol. The van der Waals surface area contributed by atoms with Crippen molar-refractivity contribution in [2.45, 2.75) is 20.8 Å². The molecule has 134 valence electrons. The molecule has 26 heavy (non-hydrogen) atoms. The second-order valence-corrected chi connectivity index (χ2v) is 6.55. The number of thiazole rings is 1. The molecule has 0 aliphatic heterocycles. The van der Waals surface area contributed by atoms with Gasteiger partial charge in [-0.2, -0.15) is 0 Å². The maximum atomic E-state index is 12.1. The molecule has 0 radical (unpaired) electrons. The van der Waals surface area contributed by atoms with E-state index in [9.17, 15) is 14.9 Å². The minimum absolute atomic E-state index is 0.0421. The molecule has 2 aromatic heterocycles. The van der Waals surface area contributed by atoms with Gasteiger partial charge in [-0.1, -0.05) is 0 Å². The molecule has 3 rings (SSSR count). The summed E-state index contributed by atoms with van der Waals surface area (Å²) < 4.78 is 5.11. The fourth-order valence-corrected chi connectivity index (χ4v) is 3.58. The van der Waals surface area contributed by atoms with Crippen molar-refractivity contribution in [3.8, 4) is 22.0 Å². The monoisotopic (exact) mass is 371 g/mol. The van der Waals surface area contributed by atoms with Crippen LogP contribution >= 0.6 is 11.3 Å². The van der Waals surface area contributed by atoms with Crippen molar-refractivity contribution in [2.24, 2.45) is 0 Å². The third-order valence-corrected chi connectivity index (χ3v) is 4.89. The number of nitrogens with zero attached hydrogens (tertiary/aromatic N) is 2. The first-order chi connectivity index (χ1) is 12.4. The van der Waals surface area contributed by atoms with Gasteiger partial charge >= 0.3 is 5.97 Å². The largest absolute Gasteiger partial charge is 0.462 e. The van der Waals surface area contributed by atoms with Gasteiger partial charge in [-0.15, -0.1) is 11.3 Å². The summed E-state index contributed by atoms with van der Waals surface area (Å²) in [5, 5.41) is 13.4. The van der Waals surface area contributed by atoms with Crippen molar-refractivity contribution in [2.75, 3.05) is 6.61 Å². The van der Waals surface area contributed by atoms with E-state index >= 15 is 0 Å². The lowest BCUT2D eigenvalue weighted by Gasteiger charge is -2.02. The van der Waals surface area contributed by atoms with Crippen LogP contribution in [0.2, 0.25) is 0 Å². The highest BCUT2D eigenvalue weighted by Crippen LogP contribution is 2.33. The number of non-ortho nitro benzene ring substituents is 1. The molecule has 1 aromatic carbocycles. The van der Waals surface area contributed by atoms with E-state index in [4.69, 9.17) is 4.74 Å². The number of esters is 1. The predicted molar refractivity (Wildman–Crippen MR) is 99.4 cm³/mol. The standard InChI is InChI=1S/C18H17N3O4S/c1-4-25-18(22)15-10(2)16(19-11(15)3)14-9-26-17(20-14)12-5-7-13(8-6-12)21(23)24/h5-9,19H,4H2,1-3H3. The van der Waals surface area contributed by atoms with Crippen molar-refractivity contribution in [1.82, 2.24) is 9.97 Å². The maximum Gasteiger partial charge on any atom is 0.340 e. The molecule has 1 N–H and O–H groups in total. The topological polar surface area (TPSA) is 98.1 Å². The van der Waals surface area contributed by atoms with E-state index in [1.807, 2.05) is 19.2 Å². The molecule has 2 heterocycles. The van der Waals surface area contributed by atoms with Gasteiger partial charge in [-0.05, 0) is 38.5 Å². The first-order valence-electron chi connectivity index (χ1n) is 7.99. The lowest BCUT2D eigenvalue weighted by Crippen LogP contribution is -2.06. The predicted octanol–water partition coefficient (Wildman–Crippen LogP) is 4.51. The van der Waals surface area contributed by atoms with Gasteiger partial charge in [0.25, 0.3) is 5.69 Å². The van der Waals surface area contributed by atoms with Crippen molar-refractivity contribution in [3.05, 3.63) is 56.6 Å². The first-order valence-corrected chi connectivity index (χ1v) is 8.87. The molecule has 0 bridgehead atoms. The van der Waals surface area contributed by atoms with Crippen molar-refractivity contribution in [1.29, 1.82) is 0 Å². The van der Waals surface area contributed by atoms with Crippen molar-refractivity contribution in [3.63, 3.8) is 0 Å². The number of H-pyrrole nitrogens is 1. The Balaban J connectivity index is 1.94. The highest BCUT2D eigenvalue weighted by Gasteiger charge is 2.21.